The van der Waals surface area contributed by atoms with Crippen LogP contribution in [0.2, 0.25) is 0 Å². The molecular formula is C33H40N2O5. The SMILES string of the molecule is CCOC(=O)COc1ccc(C2(O)CCN(CCC(C(=O)N(C)C)(c3ccccc3)c3ccccc3)CC2)cc1. The molecule has 7 heteroatoms. The van der Waals surface area contributed by atoms with Crippen molar-refractivity contribution in [3.63, 3.8) is 0 Å². The van der Waals surface area contributed by atoms with Crippen molar-refractivity contribution in [2.24, 2.45) is 0 Å². The Morgan fingerprint density at radius 3 is 1.95 bits per heavy atom. The number of piperidine rings is 1. The molecule has 1 aliphatic rings. The molecule has 1 saturated heterocycles. The van der Waals surface area contributed by atoms with Gasteiger partial charge in [-0.3, -0.25) is 4.79 Å². The van der Waals surface area contributed by atoms with Crippen molar-refractivity contribution in [2.75, 3.05) is 46.9 Å². The van der Waals surface area contributed by atoms with Crippen molar-refractivity contribution < 1.29 is 24.2 Å². The number of likely N-dealkylation sites (N-methyl/N-ethyl adjacent to an activating group) is 1. The second-order valence-corrected chi connectivity index (χ2v) is 10.6. The summed E-state index contributed by atoms with van der Waals surface area (Å²) in [5.74, 6) is 0.207. The minimum absolute atomic E-state index is 0.0590. The minimum Gasteiger partial charge on any atom is -0.482 e. The Kier molecular flexibility index (Phi) is 9.61. The van der Waals surface area contributed by atoms with Gasteiger partial charge in [0.05, 0.1) is 12.2 Å². The normalized spacial score (nSPS) is 15.3. The molecule has 1 aliphatic heterocycles. The van der Waals surface area contributed by atoms with Gasteiger partial charge >= 0.3 is 5.97 Å². The van der Waals surface area contributed by atoms with Crippen molar-refractivity contribution in [3.8, 4) is 5.75 Å². The summed E-state index contributed by atoms with van der Waals surface area (Å²) in [5.41, 5.74) is 1.06. The van der Waals surface area contributed by atoms with Gasteiger partial charge in [-0.15, -0.1) is 0 Å². The number of rotatable bonds is 11. The molecule has 1 heterocycles. The Bertz CT molecular complexity index is 1200. The third-order valence-corrected chi connectivity index (χ3v) is 7.84. The van der Waals surface area contributed by atoms with Gasteiger partial charge < -0.3 is 24.4 Å². The van der Waals surface area contributed by atoms with Crippen LogP contribution < -0.4 is 4.74 Å². The molecule has 3 aromatic rings. The number of carbonyl (C=O) groups is 2. The number of benzene rings is 3. The summed E-state index contributed by atoms with van der Waals surface area (Å²) in [6.07, 6.45) is 1.80. The number of aliphatic hydroxyl groups is 1. The van der Waals surface area contributed by atoms with E-state index in [1.165, 1.54) is 0 Å². The van der Waals surface area contributed by atoms with Gasteiger partial charge in [-0.05, 0) is 61.6 Å². The van der Waals surface area contributed by atoms with Gasteiger partial charge in [-0.2, -0.15) is 0 Å². The fraction of sp³-hybridized carbons (Fsp3) is 0.394. The summed E-state index contributed by atoms with van der Waals surface area (Å²) in [7, 11) is 3.63. The Morgan fingerprint density at radius 1 is 0.900 bits per heavy atom. The molecule has 1 amide bonds. The molecule has 0 saturated carbocycles. The molecular weight excluding hydrogens is 504 g/mol. The van der Waals surface area contributed by atoms with Gasteiger partial charge in [0, 0.05) is 27.2 Å². The highest BCUT2D eigenvalue weighted by molar-refractivity contribution is 5.92. The average Bonchev–Trinajstić information content (AvgIpc) is 2.98. The van der Waals surface area contributed by atoms with E-state index in [2.05, 4.69) is 4.90 Å². The van der Waals surface area contributed by atoms with Crippen LogP contribution in [0.15, 0.2) is 84.9 Å². The third-order valence-electron chi connectivity index (χ3n) is 7.84. The van der Waals surface area contributed by atoms with E-state index in [9.17, 15) is 14.7 Å². The van der Waals surface area contributed by atoms with Crippen LogP contribution in [0.3, 0.4) is 0 Å². The van der Waals surface area contributed by atoms with E-state index in [4.69, 9.17) is 9.47 Å². The number of carbonyl (C=O) groups excluding carboxylic acids is 2. The molecule has 212 valence electrons. The first-order valence-electron chi connectivity index (χ1n) is 13.9. The molecule has 0 bridgehead atoms. The summed E-state index contributed by atoms with van der Waals surface area (Å²) < 4.78 is 10.4. The second kappa shape index (κ2) is 13.1. The van der Waals surface area contributed by atoms with Gasteiger partial charge in [0.15, 0.2) is 6.61 Å². The van der Waals surface area contributed by atoms with Crippen LogP contribution in [-0.4, -0.2) is 73.7 Å². The van der Waals surface area contributed by atoms with Crippen molar-refractivity contribution in [2.45, 2.75) is 37.2 Å². The largest absolute Gasteiger partial charge is 0.482 e. The Hall–Kier alpha value is -3.68. The summed E-state index contributed by atoms with van der Waals surface area (Å²) in [5, 5.41) is 11.5. The molecule has 3 aromatic carbocycles. The number of amides is 1. The maximum absolute atomic E-state index is 13.9. The summed E-state index contributed by atoms with van der Waals surface area (Å²) in [6.45, 7) is 4.08. The third kappa shape index (κ3) is 6.54. The van der Waals surface area contributed by atoms with Crippen molar-refractivity contribution in [3.05, 3.63) is 102 Å². The number of likely N-dealkylation sites (tertiary alicyclic amines) is 1. The Balaban J connectivity index is 1.45. The molecule has 7 nitrogen and oxygen atoms in total. The Morgan fingerprint density at radius 2 is 1.45 bits per heavy atom. The fourth-order valence-electron chi connectivity index (χ4n) is 5.60. The van der Waals surface area contributed by atoms with Gasteiger partial charge in [0.2, 0.25) is 5.91 Å². The first-order valence-corrected chi connectivity index (χ1v) is 13.9. The van der Waals surface area contributed by atoms with Crippen LogP contribution >= 0.6 is 0 Å². The molecule has 0 aliphatic carbocycles. The smallest absolute Gasteiger partial charge is 0.344 e. The van der Waals surface area contributed by atoms with Gasteiger partial charge in [0.25, 0.3) is 0 Å². The minimum atomic E-state index is -0.939. The first-order chi connectivity index (χ1) is 19.3. The van der Waals surface area contributed by atoms with Crippen molar-refractivity contribution in [1.82, 2.24) is 9.80 Å². The first kappa shape index (κ1) is 29.3. The highest BCUT2D eigenvalue weighted by Gasteiger charge is 2.43. The molecule has 4 rings (SSSR count). The molecule has 1 N–H and O–H groups in total. The standard InChI is InChI=1S/C33H40N2O5/c1-4-39-30(36)25-40-29-17-15-26(16-18-29)32(38)19-22-35(23-20-32)24-21-33(31(37)34(2)3,27-11-7-5-8-12-27)28-13-9-6-10-14-28/h5-18,38H,4,19-25H2,1-3H3. The van der Waals surface area contributed by atoms with Crippen LogP contribution in [0.5, 0.6) is 5.75 Å². The van der Waals surface area contributed by atoms with Gasteiger partial charge in [-0.1, -0.05) is 72.8 Å². The summed E-state index contributed by atoms with van der Waals surface area (Å²) in [4.78, 5) is 29.5. The lowest BCUT2D eigenvalue weighted by Gasteiger charge is -2.41. The Labute approximate surface area is 237 Å². The molecule has 0 radical (unpaired) electrons. The molecule has 0 unspecified atom stereocenters. The number of nitrogens with zero attached hydrogens (tertiary/aromatic N) is 2. The monoisotopic (exact) mass is 544 g/mol. The topological polar surface area (TPSA) is 79.3 Å². The highest BCUT2D eigenvalue weighted by atomic mass is 16.6. The molecule has 0 spiro atoms. The predicted molar refractivity (Wildman–Crippen MR) is 155 cm³/mol. The zero-order valence-corrected chi connectivity index (χ0v) is 23.7. The van der Waals surface area contributed by atoms with Crippen LogP contribution in [-0.2, 0) is 25.3 Å². The maximum Gasteiger partial charge on any atom is 0.344 e. The maximum atomic E-state index is 13.9. The van der Waals surface area contributed by atoms with Crippen molar-refractivity contribution in [1.29, 1.82) is 0 Å². The lowest BCUT2D eigenvalue weighted by atomic mass is 9.70. The molecule has 1 fully saturated rings. The summed E-state index contributed by atoms with van der Waals surface area (Å²) in [6, 6.07) is 27.4. The number of esters is 1. The van der Waals surface area contributed by atoms with Crippen molar-refractivity contribution >= 4 is 11.9 Å². The lowest BCUT2D eigenvalue weighted by molar-refractivity contribution is -0.145. The van der Waals surface area contributed by atoms with E-state index < -0.39 is 17.0 Å². The van der Waals surface area contributed by atoms with E-state index in [1.807, 2.05) is 86.9 Å². The molecule has 0 aromatic heterocycles. The lowest BCUT2D eigenvalue weighted by Crippen LogP contribution is -2.48. The highest BCUT2D eigenvalue weighted by Crippen LogP contribution is 2.39. The molecule has 40 heavy (non-hydrogen) atoms. The van der Waals surface area contributed by atoms with E-state index in [0.717, 1.165) is 23.2 Å². The average molecular weight is 545 g/mol. The predicted octanol–water partition coefficient (Wildman–Crippen LogP) is 4.38. The fourth-order valence-corrected chi connectivity index (χ4v) is 5.60. The van der Waals surface area contributed by atoms with E-state index in [0.29, 0.717) is 44.7 Å². The van der Waals surface area contributed by atoms with Crippen LogP contribution in [0.4, 0.5) is 0 Å². The van der Waals surface area contributed by atoms with Crippen LogP contribution in [0, 0.1) is 0 Å². The number of ether oxygens (including phenoxy) is 2. The number of hydrogen-bond donors (Lipinski definition) is 1. The molecule has 0 atom stereocenters. The number of hydrogen-bond acceptors (Lipinski definition) is 6. The van der Waals surface area contributed by atoms with Crippen LogP contribution in [0.1, 0.15) is 42.9 Å². The summed E-state index contributed by atoms with van der Waals surface area (Å²) >= 11 is 0. The van der Waals surface area contributed by atoms with E-state index in [-0.39, 0.29) is 12.5 Å². The van der Waals surface area contributed by atoms with Crippen LogP contribution in [0.25, 0.3) is 0 Å². The van der Waals surface area contributed by atoms with E-state index in [1.54, 1.807) is 24.0 Å². The van der Waals surface area contributed by atoms with Gasteiger partial charge in [0.1, 0.15) is 11.2 Å². The van der Waals surface area contributed by atoms with Gasteiger partial charge in [-0.25, -0.2) is 4.79 Å². The quantitative estimate of drug-likeness (QED) is 0.361. The van der Waals surface area contributed by atoms with E-state index >= 15 is 0 Å². The second-order valence-electron chi connectivity index (χ2n) is 10.6. The zero-order chi connectivity index (χ0) is 28.6. The zero-order valence-electron chi connectivity index (χ0n) is 23.7.